The molecule has 4 heteroatoms. The van der Waals surface area contributed by atoms with Crippen LogP contribution in [0.25, 0.3) is 0 Å². The SMILES string of the molecule is NC(c1ccc(OC2CC2)cc1)c1ccc(Cl)o1. The fraction of sp³-hybridized carbons (Fsp3) is 0.286. The monoisotopic (exact) mass is 263 g/mol. The average molecular weight is 264 g/mol. The van der Waals surface area contributed by atoms with Gasteiger partial charge in [0.05, 0.1) is 12.1 Å². The third-order valence-electron chi connectivity index (χ3n) is 2.97. The van der Waals surface area contributed by atoms with Crippen molar-refractivity contribution in [2.75, 3.05) is 0 Å². The number of hydrogen-bond donors (Lipinski definition) is 1. The molecule has 0 bridgehead atoms. The number of hydrogen-bond acceptors (Lipinski definition) is 3. The molecular weight excluding hydrogens is 250 g/mol. The second-order valence-electron chi connectivity index (χ2n) is 4.51. The van der Waals surface area contributed by atoms with E-state index < -0.39 is 0 Å². The summed E-state index contributed by atoms with van der Waals surface area (Å²) in [6.07, 6.45) is 2.73. The Morgan fingerprint density at radius 2 is 1.89 bits per heavy atom. The van der Waals surface area contributed by atoms with Crippen LogP contribution < -0.4 is 10.5 Å². The van der Waals surface area contributed by atoms with Gasteiger partial charge in [0.2, 0.25) is 0 Å². The molecule has 0 amide bonds. The molecule has 1 heterocycles. The zero-order valence-electron chi connectivity index (χ0n) is 9.80. The minimum absolute atomic E-state index is 0.299. The van der Waals surface area contributed by atoms with E-state index in [4.69, 9.17) is 26.5 Å². The van der Waals surface area contributed by atoms with Crippen molar-refractivity contribution in [3.63, 3.8) is 0 Å². The maximum absolute atomic E-state index is 6.10. The van der Waals surface area contributed by atoms with E-state index in [0.29, 0.717) is 17.1 Å². The minimum Gasteiger partial charge on any atom is -0.490 e. The summed E-state index contributed by atoms with van der Waals surface area (Å²) in [5, 5.41) is 0.356. The molecule has 2 aromatic rings. The molecule has 0 saturated heterocycles. The van der Waals surface area contributed by atoms with Gasteiger partial charge in [-0.15, -0.1) is 0 Å². The first kappa shape index (κ1) is 11.6. The summed E-state index contributed by atoms with van der Waals surface area (Å²) in [5.74, 6) is 1.56. The van der Waals surface area contributed by atoms with Gasteiger partial charge in [-0.3, -0.25) is 0 Å². The van der Waals surface area contributed by atoms with E-state index in [1.165, 1.54) is 0 Å². The Hall–Kier alpha value is -1.45. The standard InChI is InChI=1S/C14H14ClNO2/c15-13-8-7-12(18-13)14(16)9-1-3-10(4-2-9)17-11-5-6-11/h1-4,7-8,11,14H,5-6,16H2. The largest absolute Gasteiger partial charge is 0.490 e. The molecule has 1 saturated carbocycles. The lowest BCUT2D eigenvalue weighted by molar-refractivity contribution is 0.303. The molecule has 2 N–H and O–H groups in total. The van der Waals surface area contributed by atoms with Crippen LogP contribution in [0.5, 0.6) is 5.75 Å². The Labute approximate surface area is 110 Å². The zero-order chi connectivity index (χ0) is 12.5. The molecule has 1 aromatic heterocycles. The van der Waals surface area contributed by atoms with Crippen LogP contribution in [0.1, 0.15) is 30.2 Å². The Morgan fingerprint density at radius 3 is 2.44 bits per heavy atom. The summed E-state index contributed by atoms with van der Waals surface area (Å²) < 4.78 is 11.0. The van der Waals surface area contributed by atoms with Gasteiger partial charge >= 0.3 is 0 Å². The van der Waals surface area contributed by atoms with Crippen molar-refractivity contribution >= 4 is 11.6 Å². The molecule has 1 fully saturated rings. The number of benzene rings is 1. The Morgan fingerprint density at radius 1 is 1.17 bits per heavy atom. The zero-order valence-corrected chi connectivity index (χ0v) is 10.6. The molecule has 94 valence electrons. The highest BCUT2D eigenvalue weighted by molar-refractivity contribution is 6.28. The molecule has 3 nitrogen and oxygen atoms in total. The predicted molar refractivity (Wildman–Crippen MR) is 69.8 cm³/mol. The van der Waals surface area contributed by atoms with Crippen LogP contribution >= 0.6 is 11.6 Å². The predicted octanol–water partition coefficient (Wildman–Crippen LogP) is 3.52. The summed E-state index contributed by atoms with van der Waals surface area (Å²) >= 11 is 5.74. The van der Waals surface area contributed by atoms with Crippen molar-refractivity contribution in [1.29, 1.82) is 0 Å². The van der Waals surface area contributed by atoms with Crippen LogP contribution in [0.3, 0.4) is 0 Å². The van der Waals surface area contributed by atoms with E-state index in [9.17, 15) is 0 Å². The molecule has 0 radical (unpaired) electrons. The van der Waals surface area contributed by atoms with Crippen molar-refractivity contribution in [1.82, 2.24) is 0 Å². The summed E-state index contributed by atoms with van der Waals surface area (Å²) in [7, 11) is 0. The first-order valence-corrected chi connectivity index (χ1v) is 6.37. The quantitative estimate of drug-likeness (QED) is 0.918. The number of halogens is 1. The van der Waals surface area contributed by atoms with Crippen LogP contribution in [0.2, 0.25) is 5.22 Å². The smallest absolute Gasteiger partial charge is 0.193 e. The fourth-order valence-corrected chi connectivity index (χ4v) is 1.94. The lowest BCUT2D eigenvalue weighted by Gasteiger charge is -2.10. The Kier molecular flexibility index (Phi) is 3.02. The van der Waals surface area contributed by atoms with Gasteiger partial charge in [0.25, 0.3) is 0 Å². The average Bonchev–Trinajstić information content (AvgIpc) is 3.09. The van der Waals surface area contributed by atoms with E-state index in [2.05, 4.69) is 0 Å². The first-order chi connectivity index (χ1) is 8.72. The molecule has 1 atom stereocenters. The number of ether oxygens (including phenoxy) is 1. The number of furan rings is 1. The molecule has 1 aliphatic rings. The molecule has 18 heavy (non-hydrogen) atoms. The van der Waals surface area contributed by atoms with E-state index >= 15 is 0 Å². The Balaban J connectivity index is 1.74. The second-order valence-corrected chi connectivity index (χ2v) is 4.88. The molecule has 0 spiro atoms. The van der Waals surface area contributed by atoms with Gasteiger partial charge < -0.3 is 14.9 Å². The lowest BCUT2D eigenvalue weighted by atomic mass is 10.1. The highest BCUT2D eigenvalue weighted by atomic mass is 35.5. The minimum atomic E-state index is -0.299. The van der Waals surface area contributed by atoms with E-state index in [1.54, 1.807) is 12.1 Å². The van der Waals surface area contributed by atoms with Gasteiger partial charge in [0.15, 0.2) is 5.22 Å². The van der Waals surface area contributed by atoms with Crippen molar-refractivity contribution in [2.45, 2.75) is 25.0 Å². The van der Waals surface area contributed by atoms with E-state index in [-0.39, 0.29) is 6.04 Å². The van der Waals surface area contributed by atoms with Crippen LogP contribution in [-0.2, 0) is 0 Å². The van der Waals surface area contributed by atoms with Crippen LogP contribution in [0.4, 0.5) is 0 Å². The summed E-state index contributed by atoms with van der Waals surface area (Å²) in [6.45, 7) is 0. The fourth-order valence-electron chi connectivity index (χ4n) is 1.79. The van der Waals surface area contributed by atoms with Crippen molar-refractivity contribution in [2.24, 2.45) is 5.73 Å². The van der Waals surface area contributed by atoms with Gasteiger partial charge in [-0.25, -0.2) is 0 Å². The summed E-state index contributed by atoms with van der Waals surface area (Å²) in [5.41, 5.74) is 7.08. The molecular formula is C14H14ClNO2. The lowest BCUT2D eigenvalue weighted by Crippen LogP contribution is -2.10. The summed E-state index contributed by atoms with van der Waals surface area (Å²) in [4.78, 5) is 0. The third-order valence-corrected chi connectivity index (χ3v) is 3.17. The maximum Gasteiger partial charge on any atom is 0.193 e. The molecule has 1 unspecified atom stereocenters. The van der Waals surface area contributed by atoms with Crippen molar-refractivity contribution in [3.05, 3.63) is 52.9 Å². The van der Waals surface area contributed by atoms with Gasteiger partial charge in [-0.2, -0.15) is 0 Å². The topological polar surface area (TPSA) is 48.4 Å². The van der Waals surface area contributed by atoms with Gasteiger partial charge in [-0.05, 0) is 54.3 Å². The van der Waals surface area contributed by atoms with Crippen LogP contribution in [-0.4, -0.2) is 6.10 Å². The maximum atomic E-state index is 6.10. The second kappa shape index (κ2) is 4.67. The highest BCUT2D eigenvalue weighted by Crippen LogP contribution is 2.29. The third kappa shape index (κ3) is 2.52. The Bertz CT molecular complexity index is 531. The van der Waals surface area contributed by atoms with Gasteiger partial charge in [0, 0.05) is 0 Å². The normalized spacial score (nSPS) is 16.6. The van der Waals surface area contributed by atoms with E-state index in [0.717, 1.165) is 24.2 Å². The highest BCUT2D eigenvalue weighted by Gasteiger charge is 2.23. The van der Waals surface area contributed by atoms with Gasteiger partial charge in [0.1, 0.15) is 11.5 Å². The summed E-state index contributed by atoms with van der Waals surface area (Å²) in [6, 6.07) is 11.0. The number of rotatable bonds is 4. The van der Waals surface area contributed by atoms with E-state index in [1.807, 2.05) is 24.3 Å². The number of nitrogens with two attached hydrogens (primary N) is 1. The molecule has 1 aliphatic carbocycles. The van der Waals surface area contributed by atoms with Crippen LogP contribution in [0.15, 0.2) is 40.8 Å². The van der Waals surface area contributed by atoms with Gasteiger partial charge in [-0.1, -0.05) is 12.1 Å². The van der Waals surface area contributed by atoms with Crippen molar-refractivity contribution < 1.29 is 9.15 Å². The molecule has 1 aromatic carbocycles. The first-order valence-electron chi connectivity index (χ1n) is 6.00. The van der Waals surface area contributed by atoms with Crippen molar-refractivity contribution in [3.8, 4) is 5.75 Å². The van der Waals surface area contributed by atoms with Crippen LogP contribution in [0, 0.1) is 0 Å². The molecule has 0 aliphatic heterocycles. The molecule has 3 rings (SSSR count).